The average molecular weight is 799 g/mol. The fraction of sp³-hybridized carbons (Fsp3) is 0.0794. The molecule has 0 fully saturated rings. The Balaban J connectivity index is 0.766. The van der Waals surface area contributed by atoms with Crippen LogP contribution in [0.5, 0.6) is 0 Å². The third-order valence-corrected chi connectivity index (χ3v) is 15.0. The van der Waals surface area contributed by atoms with Gasteiger partial charge in [0, 0.05) is 5.41 Å². The number of rotatable bonds is 4. The monoisotopic (exact) mass is 798 g/mol. The van der Waals surface area contributed by atoms with Crippen LogP contribution in [0.2, 0.25) is 0 Å². The smallest absolute Gasteiger partial charge is 0.0159 e. The Morgan fingerprint density at radius 3 is 1.68 bits per heavy atom. The lowest BCUT2D eigenvalue weighted by molar-refractivity contribution is 0.661. The first-order chi connectivity index (χ1) is 30.9. The van der Waals surface area contributed by atoms with Gasteiger partial charge in [0.2, 0.25) is 0 Å². The van der Waals surface area contributed by atoms with Crippen LogP contribution >= 0.6 is 0 Å². The fourth-order valence-electron chi connectivity index (χ4n) is 11.8. The molecule has 0 unspecified atom stereocenters. The zero-order valence-corrected chi connectivity index (χ0v) is 35.4. The van der Waals surface area contributed by atoms with Gasteiger partial charge in [-0.25, -0.2) is 0 Å². The van der Waals surface area contributed by atoms with Gasteiger partial charge in [-0.2, -0.15) is 0 Å². The highest BCUT2D eigenvalue weighted by Gasteiger charge is 2.36. The number of benzene rings is 11. The first-order valence-electron chi connectivity index (χ1n) is 22.5. The Kier molecular flexibility index (Phi) is 7.11. The summed E-state index contributed by atoms with van der Waals surface area (Å²) < 4.78 is 0. The molecule has 3 aliphatic rings. The average Bonchev–Trinajstić information content (AvgIpc) is 3.56. The second-order valence-electron chi connectivity index (χ2n) is 18.7. The summed E-state index contributed by atoms with van der Waals surface area (Å²) in [7, 11) is 0. The highest BCUT2D eigenvalue weighted by Crippen LogP contribution is 2.52. The maximum atomic E-state index is 2.49. The molecule has 0 bridgehead atoms. The van der Waals surface area contributed by atoms with E-state index in [1.54, 1.807) is 0 Å². The van der Waals surface area contributed by atoms with E-state index >= 15 is 0 Å². The van der Waals surface area contributed by atoms with E-state index in [0.717, 1.165) is 12.8 Å². The molecule has 0 spiro atoms. The molecule has 0 saturated heterocycles. The van der Waals surface area contributed by atoms with Gasteiger partial charge < -0.3 is 0 Å². The van der Waals surface area contributed by atoms with Crippen molar-refractivity contribution in [1.82, 2.24) is 0 Å². The Morgan fingerprint density at radius 1 is 0.381 bits per heavy atom. The van der Waals surface area contributed by atoms with Gasteiger partial charge in [-0.1, -0.05) is 184 Å². The molecule has 0 amide bonds. The first kappa shape index (κ1) is 35.1. The lowest BCUT2D eigenvalue weighted by Crippen LogP contribution is -2.15. The fourth-order valence-corrected chi connectivity index (χ4v) is 11.8. The molecule has 63 heavy (non-hydrogen) atoms. The second-order valence-corrected chi connectivity index (χ2v) is 18.7. The van der Waals surface area contributed by atoms with E-state index in [1.165, 1.54) is 143 Å². The molecular weight excluding hydrogens is 757 g/mol. The molecule has 0 nitrogen and oxygen atoms in total. The number of hydrogen-bond acceptors (Lipinski definition) is 0. The lowest BCUT2D eigenvalue weighted by atomic mass is 9.78. The molecule has 294 valence electrons. The molecule has 0 radical (unpaired) electrons. The summed E-state index contributed by atoms with van der Waals surface area (Å²) in [5.41, 5.74) is 21.3. The number of hydrogen-bond donors (Lipinski definition) is 0. The third kappa shape index (κ3) is 5.04. The molecule has 0 saturated carbocycles. The van der Waals surface area contributed by atoms with E-state index in [-0.39, 0.29) is 5.41 Å². The Labute approximate surface area is 367 Å². The van der Waals surface area contributed by atoms with Crippen LogP contribution in [-0.2, 0) is 11.8 Å². The van der Waals surface area contributed by atoms with Gasteiger partial charge in [-0.3, -0.25) is 0 Å². The molecule has 0 heterocycles. The maximum Gasteiger partial charge on any atom is 0.0159 e. The van der Waals surface area contributed by atoms with Crippen molar-refractivity contribution < 1.29 is 0 Å². The molecule has 11 aromatic rings. The minimum atomic E-state index is -0.126. The third-order valence-electron chi connectivity index (χ3n) is 15.0. The summed E-state index contributed by atoms with van der Waals surface area (Å²) in [6.45, 7) is 4.81. The molecule has 3 aliphatic carbocycles. The Bertz CT molecular complexity index is 3830. The van der Waals surface area contributed by atoms with Crippen LogP contribution in [0, 0.1) is 0 Å². The zero-order chi connectivity index (χ0) is 41.6. The summed E-state index contributed by atoms with van der Waals surface area (Å²) in [5.74, 6) is 0. The Morgan fingerprint density at radius 2 is 0.905 bits per heavy atom. The second kappa shape index (κ2) is 12.8. The summed E-state index contributed by atoms with van der Waals surface area (Å²) >= 11 is 0. The largest absolute Gasteiger partial charge is 0.0795 e. The molecular formula is C63H42. The predicted molar refractivity (Wildman–Crippen MR) is 270 cm³/mol. The van der Waals surface area contributed by atoms with Crippen LogP contribution in [0.1, 0.15) is 48.1 Å². The summed E-state index contributed by atoms with van der Waals surface area (Å²) in [6, 6.07) is 67.1. The summed E-state index contributed by atoms with van der Waals surface area (Å²) in [5, 5.41) is 13.3. The van der Waals surface area contributed by atoms with Crippen molar-refractivity contribution in [3.8, 4) is 55.6 Å². The topological polar surface area (TPSA) is 0 Å². The van der Waals surface area contributed by atoms with Gasteiger partial charge in [-0.15, -0.1) is 0 Å². The SMILES string of the molecule is CC1(C)c2cc(-c3ccc4cc(-c5ccc(-c6ccc7ccc8cccc9ccc6c7c89)cc5)ccc4c3)ccc2-c2ccc(-c3ccc4c5c6c(ccc35)C=CCC6=CC4)cc21. The molecule has 14 rings (SSSR count). The van der Waals surface area contributed by atoms with E-state index < -0.39 is 0 Å². The lowest BCUT2D eigenvalue weighted by Gasteiger charge is -2.25. The van der Waals surface area contributed by atoms with Crippen molar-refractivity contribution in [2.24, 2.45) is 0 Å². The van der Waals surface area contributed by atoms with Crippen LogP contribution in [0.3, 0.4) is 0 Å². The van der Waals surface area contributed by atoms with Crippen LogP contribution in [0.15, 0.2) is 188 Å². The zero-order valence-electron chi connectivity index (χ0n) is 35.4. The highest BCUT2D eigenvalue weighted by atomic mass is 14.4. The van der Waals surface area contributed by atoms with Gasteiger partial charge in [0.05, 0.1) is 0 Å². The maximum absolute atomic E-state index is 2.49. The van der Waals surface area contributed by atoms with Crippen molar-refractivity contribution in [1.29, 1.82) is 0 Å². The van der Waals surface area contributed by atoms with Crippen molar-refractivity contribution >= 4 is 65.5 Å². The van der Waals surface area contributed by atoms with Gasteiger partial charge in [-0.05, 0) is 180 Å². The number of fused-ring (bicyclic) bond motifs is 4. The molecule has 11 aromatic carbocycles. The molecule has 0 N–H and O–H groups in total. The molecule has 0 heteroatoms. The number of allylic oxidation sites excluding steroid dienone is 3. The quantitative estimate of drug-likeness (QED) is 0.156. The Hall–Kier alpha value is -7.54. The van der Waals surface area contributed by atoms with Gasteiger partial charge >= 0.3 is 0 Å². The van der Waals surface area contributed by atoms with Gasteiger partial charge in [0.25, 0.3) is 0 Å². The minimum Gasteiger partial charge on any atom is -0.0795 e. The first-order valence-corrected chi connectivity index (χ1v) is 22.5. The van der Waals surface area contributed by atoms with E-state index in [1.807, 2.05) is 0 Å². The van der Waals surface area contributed by atoms with Crippen LogP contribution in [-0.4, -0.2) is 0 Å². The van der Waals surface area contributed by atoms with Crippen molar-refractivity contribution in [2.45, 2.75) is 32.1 Å². The molecule has 0 aliphatic heterocycles. The minimum absolute atomic E-state index is 0.126. The standard InChI is InChI=1S/C63H42/c1-63(2)57-35-49(25-29-53(57)54-30-26-50(36-58(54)63)52-28-22-44-16-14-40-6-4-8-42-24-32-56(52)62(44)60(40)42)48-20-19-46-33-45(17-18-47(46)34-48)37-9-11-38(12-10-37)51-27-21-43-15-13-39-5-3-7-41-23-31-55(51)61(43)59(39)41/h3-5,7-15,17-36H,6,16H2,1-2H3. The van der Waals surface area contributed by atoms with E-state index in [9.17, 15) is 0 Å². The van der Waals surface area contributed by atoms with E-state index in [2.05, 4.69) is 208 Å². The molecule has 0 aromatic heterocycles. The van der Waals surface area contributed by atoms with Crippen LogP contribution < -0.4 is 0 Å². The van der Waals surface area contributed by atoms with Crippen molar-refractivity contribution in [3.63, 3.8) is 0 Å². The van der Waals surface area contributed by atoms with Gasteiger partial charge in [0.15, 0.2) is 0 Å². The summed E-state index contributed by atoms with van der Waals surface area (Å²) in [6.07, 6.45) is 9.11. The van der Waals surface area contributed by atoms with Crippen molar-refractivity contribution in [2.75, 3.05) is 0 Å². The normalized spacial score (nSPS) is 14.5. The highest BCUT2D eigenvalue weighted by molar-refractivity contribution is 6.25. The van der Waals surface area contributed by atoms with Crippen LogP contribution in [0.25, 0.3) is 121 Å². The predicted octanol–water partition coefficient (Wildman–Crippen LogP) is 17.2. The van der Waals surface area contributed by atoms with Crippen LogP contribution in [0.4, 0.5) is 0 Å². The van der Waals surface area contributed by atoms with E-state index in [4.69, 9.17) is 0 Å². The van der Waals surface area contributed by atoms with E-state index in [0.29, 0.717) is 0 Å². The summed E-state index contributed by atoms with van der Waals surface area (Å²) in [4.78, 5) is 0. The van der Waals surface area contributed by atoms with Crippen molar-refractivity contribution in [3.05, 3.63) is 216 Å². The van der Waals surface area contributed by atoms with Gasteiger partial charge in [0.1, 0.15) is 0 Å². The molecule has 0 atom stereocenters.